The van der Waals surface area contributed by atoms with E-state index in [2.05, 4.69) is 10.3 Å². The highest BCUT2D eigenvalue weighted by molar-refractivity contribution is 5.59. The van der Waals surface area contributed by atoms with Crippen LogP contribution in [0.1, 0.15) is 19.4 Å². The predicted molar refractivity (Wildman–Crippen MR) is 84.7 cm³/mol. The fourth-order valence-electron chi connectivity index (χ4n) is 1.94. The molecule has 5 heteroatoms. The van der Waals surface area contributed by atoms with Crippen LogP contribution in [0.25, 0.3) is 0 Å². The predicted octanol–water partition coefficient (Wildman–Crippen LogP) is 3.07. The summed E-state index contributed by atoms with van der Waals surface area (Å²) in [5.41, 5.74) is 8.57. The van der Waals surface area contributed by atoms with Crippen molar-refractivity contribution in [1.82, 2.24) is 4.98 Å². The molecule has 1 aromatic carbocycles. The summed E-state index contributed by atoms with van der Waals surface area (Å²) in [5.74, 6) is 1.37. The first-order valence-electron chi connectivity index (χ1n) is 6.87. The first-order valence-corrected chi connectivity index (χ1v) is 6.87. The van der Waals surface area contributed by atoms with E-state index in [1.54, 1.807) is 13.3 Å². The molecular weight excluding hydrogens is 266 g/mol. The number of ether oxygens (including phenoxy) is 2. The number of nitrogens with two attached hydrogens (primary N) is 1. The van der Waals surface area contributed by atoms with Crippen molar-refractivity contribution >= 4 is 11.4 Å². The Labute approximate surface area is 125 Å². The lowest BCUT2D eigenvalue weighted by atomic mass is 10.2. The van der Waals surface area contributed by atoms with Crippen molar-refractivity contribution in [3.63, 3.8) is 0 Å². The van der Waals surface area contributed by atoms with Crippen molar-refractivity contribution in [2.24, 2.45) is 0 Å². The maximum absolute atomic E-state index is 5.90. The quantitative estimate of drug-likeness (QED) is 0.799. The Balaban J connectivity index is 2.06. The summed E-state index contributed by atoms with van der Waals surface area (Å²) in [4.78, 5) is 4.08. The van der Waals surface area contributed by atoms with Gasteiger partial charge in [0.1, 0.15) is 5.75 Å². The average Bonchev–Trinajstić information content (AvgIpc) is 2.44. The van der Waals surface area contributed by atoms with E-state index in [-0.39, 0.29) is 6.10 Å². The highest BCUT2D eigenvalue weighted by Crippen LogP contribution is 2.24. The van der Waals surface area contributed by atoms with Crippen LogP contribution < -0.4 is 20.5 Å². The second kappa shape index (κ2) is 6.83. The molecule has 112 valence electrons. The number of nitrogen functional groups attached to an aromatic ring is 1. The van der Waals surface area contributed by atoms with Crippen molar-refractivity contribution in [2.45, 2.75) is 26.5 Å². The molecule has 0 atom stereocenters. The number of benzene rings is 1. The molecule has 0 aliphatic rings. The van der Waals surface area contributed by atoms with Crippen LogP contribution in [0.5, 0.6) is 11.6 Å². The van der Waals surface area contributed by atoms with Gasteiger partial charge < -0.3 is 20.5 Å². The topological polar surface area (TPSA) is 69.4 Å². The third kappa shape index (κ3) is 4.56. The van der Waals surface area contributed by atoms with E-state index in [1.165, 1.54) is 0 Å². The summed E-state index contributed by atoms with van der Waals surface area (Å²) in [7, 11) is 1.60. The van der Waals surface area contributed by atoms with Crippen molar-refractivity contribution in [2.75, 3.05) is 18.2 Å². The normalized spacial score (nSPS) is 10.5. The standard InChI is InChI=1S/C16H21N3O2/c1-11(2)21-15-8-13(17)7-14(9-15)19-10-12-4-5-18-16(6-12)20-3/h4-9,11,19H,10,17H2,1-3H3. The number of aromatic nitrogens is 1. The monoisotopic (exact) mass is 287 g/mol. The number of rotatable bonds is 6. The summed E-state index contributed by atoms with van der Waals surface area (Å²) >= 11 is 0. The van der Waals surface area contributed by atoms with E-state index in [0.717, 1.165) is 17.0 Å². The van der Waals surface area contributed by atoms with Gasteiger partial charge in [0.2, 0.25) is 5.88 Å². The molecule has 5 nitrogen and oxygen atoms in total. The summed E-state index contributed by atoms with van der Waals surface area (Å²) < 4.78 is 10.8. The largest absolute Gasteiger partial charge is 0.491 e. The van der Waals surface area contributed by atoms with Crippen molar-refractivity contribution < 1.29 is 9.47 Å². The summed E-state index contributed by atoms with van der Waals surface area (Å²) in [5, 5.41) is 3.32. The van der Waals surface area contributed by atoms with Crippen molar-refractivity contribution in [3.05, 3.63) is 42.1 Å². The Morgan fingerprint density at radius 3 is 2.76 bits per heavy atom. The van der Waals surface area contributed by atoms with Crippen LogP contribution in [0.2, 0.25) is 0 Å². The number of anilines is 2. The van der Waals surface area contributed by atoms with Crippen LogP contribution in [0, 0.1) is 0 Å². The minimum atomic E-state index is 0.115. The summed E-state index contributed by atoms with van der Waals surface area (Å²) in [6.07, 6.45) is 1.84. The molecule has 0 spiro atoms. The highest BCUT2D eigenvalue weighted by Gasteiger charge is 2.03. The molecule has 0 fully saturated rings. The Morgan fingerprint density at radius 1 is 1.24 bits per heavy atom. The molecule has 0 aliphatic carbocycles. The Hall–Kier alpha value is -2.43. The van der Waals surface area contributed by atoms with Gasteiger partial charge in [-0.1, -0.05) is 0 Å². The maximum atomic E-state index is 5.90. The van der Waals surface area contributed by atoms with Gasteiger partial charge in [-0.2, -0.15) is 0 Å². The maximum Gasteiger partial charge on any atom is 0.213 e. The number of nitrogens with one attached hydrogen (secondary N) is 1. The second-order valence-corrected chi connectivity index (χ2v) is 5.02. The van der Waals surface area contributed by atoms with Gasteiger partial charge in [-0.3, -0.25) is 0 Å². The molecule has 0 unspecified atom stereocenters. The first kappa shape index (κ1) is 15.0. The van der Waals surface area contributed by atoms with Gasteiger partial charge in [0.05, 0.1) is 13.2 Å². The summed E-state index contributed by atoms with van der Waals surface area (Å²) in [6.45, 7) is 4.63. The van der Waals surface area contributed by atoms with Crippen molar-refractivity contribution in [3.8, 4) is 11.6 Å². The number of hydrogen-bond acceptors (Lipinski definition) is 5. The Bertz CT molecular complexity index is 600. The zero-order valence-corrected chi connectivity index (χ0v) is 12.6. The van der Waals surface area contributed by atoms with Gasteiger partial charge in [0, 0.05) is 42.3 Å². The van der Waals surface area contributed by atoms with Gasteiger partial charge in [0.25, 0.3) is 0 Å². The zero-order chi connectivity index (χ0) is 15.2. The van der Waals surface area contributed by atoms with E-state index in [0.29, 0.717) is 18.1 Å². The van der Waals surface area contributed by atoms with Crippen LogP contribution in [0.15, 0.2) is 36.5 Å². The van der Waals surface area contributed by atoms with Crippen molar-refractivity contribution in [1.29, 1.82) is 0 Å². The van der Waals surface area contributed by atoms with E-state index in [4.69, 9.17) is 15.2 Å². The van der Waals surface area contributed by atoms with E-state index >= 15 is 0 Å². The number of pyridine rings is 1. The average molecular weight is 287 g/mol. The Morgan fingerprint density at radius 2 is 2.05 bits per heavy atom. The lowest BCUT2D eigenvalue weighted by Gasteiger charge is -2.13. The number of nitrogens with zero attached hydrogens (tertiary/aromatic N) is 1. The molecule has 0 bridgehead atoms. The highest BCUT2D eigenvalue weighted by atomic mass is 16.5. The van der Waals surface area contributed by atoms with E-state index in [1.807, 2.05) is 44.2 Å². The molecule has 1 heterocycles. The third-order valence-corrected chi connectivity index (χ3v) is 2.81. The lowest BCUT2D eigenvalue weighted by Crippen LogP contribution is -2.07. The molecule has 0 aliphatic heterocycles. The van der Waals surface area contributed by atoms with Gasteiger partial charge >= 0.3 is 0 Å². The lowest BCUT2D eigenvalue weighted by molar-refractivity contribution is 0.242. The third-order valence-electron chi connectivity index (χ3n) is 2.81. The Kier molecular flexibility index (Phi) is 4.87. The smallest absolute Gasteiger partial charge is 0.213 e. The van der Waals surface area contributed by atoms with Crippen LogP contribution in [0.3, 0.4) is 0 Å². The number of methoxy groups -OCH3 is 1. The van der Waals surface area contributed by atoms with Gasteiger partial charge in [0.15, 0.2) is 0 Å². The van der Waals surface area contributed by atoms with Crippen LogP contribution >= 0.6 is 0 Å². The molecule has 0 radical (unpaired) electrons. The first-order chi connectivity index (χ1) is 10.1. The van der Waals surface area contributed by atoms with Gasteiger partial charge in [-0.25, -0.2) is 4.98 Å². The molecule has 21 heavy (non-hydrogen) atoms. The molecule has 2 aromatic rings. The zero-order valence-electron chi connectivity index (χ0n) is 12.6. The molecule has 0 saturated carbocycles. The summed E-state index contributed by atoms with van der Waals surface area (Å²) in [6, 6.07) is 9.47. The van der Waals surface area contributed by atoms with Gasteiger partial charge in [-0.05, 0) is 31.5 Å². The van der Waals surface area contributed by atoms with Crippen LogP contribution in [-0.4, -0.2) is 18.2 Å². The minimum Gasteiger partial charge on any atom is -0.491 e. The van der Waals surface area contributed by atoms with Gasteiger partial charge in [-0.15, -0.1) is 0 Å². The molecular formula is C16H21N3O2. The molecule has 3 N–H and O–H groups in total. The number of hydrogen-bond donors (Lipinski definition) is 2. The van der Waals surface area contributed by atoms with Crippen LogP contribution in [0.4, 0.5) is 11.4 Å². The second-order valence-electron chi connectivity index (χ2n) is 5.02. The molecule has 0 saturated heterocycles. The van der Waals surface area contributed by atoms with E-state index in [9.17, 15) is 0 Å². The fraction of sp³-hybridized carbons (Fsp3) is 0.312. The molecule has 0 amide bonds. The van der Waals surface area contributed by atoms with E-state index < -0.39 is 0 Å². The minimum absolute atomic E-state index is 0.115. The molecule has 2 rings (SSSR count). The fourth-order valence-corrected chi connectivity index (χ4v) is 1.94. The van der Waals surface area contributed by atoms with Crippen LogP contribution in [-0.2, 0) is 6.54 Å². The molecule has 1 aromatic heterocycles. The SMILES string of the molecule is COc1cc(CNc2cc(N)cc(OC(C)C)c2)ccn1.